The standard InChI is InChI=1S/C18H28O3Si/c1-7-20-17(19)13-12-15-10-8-9-11-16(15)14-21-22(5,6)18(2,3)4/h8-13H,7,14H2,1-6H3/b13-12+. The van der Waals surface area contributed by atoms with Crippen molar-refractivity contribution in [1.82, 2.24) is 0 Å². The van der Waals surface area contributed by atoms with Crippen molar-refractivity contribution in [2.45, 2.75) is 52.4 Å². The van der Waals surface area contributed by atoms with Crippen LogP contribution in [0.5, 0.6) is 0 Å². The van der Waals surface area contributed by atoms with Crippen molar-refractivity contribution in [1.29, 1.82) is 0 Å². The van der Waals surface area contributed by atoms with E-state index in [1.165, 1.54) is 6.08 Å². The number of benzene rings is 1. The summed E-state index contributed by atoms with van der Waals surface area (Å²) < 4.78 is 11.2. The van der Waals surface area contributed by atoms with Crippen LogP contribution in [-0.2, 0) is 20.6 Å². The van der Waals surface area contributed by atoms with Crippen molar-refractivity contribution in [2.24, 2.45) is 0 Å². The molecule has 0 heterocycles. The van der Waals surface area contributed by atoms with Gasteiger partial charge in [0.2, 0.25) is 0 Å². The second-order valence-electron chi connectivity index (χ2n) is 6.83. The Morgan fingerprint density at radius 3 is 2.45 bits per heavy atom. The summed E-state index contributed by atoms with van der Waals surface area (Å²) in [5.41, 5.74) is 2.09. The Morgan fingerprint density at radius 1 is 1.23 bits per heavy atom. The van der Waals surface area contributed by atoms with Crippen LogP contribution >= 0.6 is 0 Å². The van der Waals surface area contributed by atoms with E-state index in [4.69, 9.17) is 9.16 Å². The van der Waals surface area contributed by atoms with E-state index < -0.39 is 8.32 Å². The molecule has 0 N–H and O–H groups in total. The number of esters is 1. The minimum absolute atomic E-state index is 0.183. The van der Waals surface area contributed by atoms with E-state index >= 15 is 0 Å². The fourth-order valence-electron chi connectivity index (χ4n) is 1.65. The predicted molar refractivity (Wildman–Crippen MR) is 94.1 cm³/mol. The summed E-state index contributed by atoms with van der Waals surface area (Å²) in [7, 11) is -1.78. The van der Waals surface area contributed by atoms with Gasteiger partial charge >= 0.3 is 5.97 Å². The number of ether oxygens (including phenoxy) is 1. The summed E-state index contributed by atoms with van der Waals surface area (Å²) in [5.74, 6) is -0.317. The van der Waals surface area contributed by atoms with Gasteiger partial charge in [0.1, 0.15) is 0 Å². The monoisotopic (exact) mass is 320 g/mol. The molecule has 0 fully saturated rings. The molecule has 0 unspecified atom stereocenters. The van der Waals surface area contributed by atoms with Crippen LogP contribution in [0.3, 0.4) is 0 Å². The maximum Gasteiger partial charge on any atom is 0.330 e. The molecule has 0 radical (unpaired) electrons. The SMILES string of the molecule is CCOC(=O)/C=C/c1ccccc1CO[Si](C)(C)C(C)(C)C. The topological polar surface area (TPSA) is 35.5 Å². The number of rotatable bonds is 6. The lowest BCUT2D eigenvalue weighted by Gasteiger charge is -2.36. The van der Waals surface area contributed by atoms with Gasteiger partial charge in [0.15, 0.2) is 8.32 Å². The molecular formula is C18H28O3Si. The van der Waals surface area contributed by atoms with Crippen LogP contribution in [0.15, 0.2) is 30.3 Å². The van der Waals surface area contributed by atoms with E-state index in [2.05, 4.69) is 33.9 Å². The summed E-state index contributed by atoms with van der Waals surface area (Å²) in [6.07, 6.45) is 3.26. The van der Waals surface area contributed by atoms with Crippen LogP contribution in [0.25, 0.3) is 6.08 Å². The van der Waals surface area contributed by atoms with E-state index in [9.17, 15) is 4.79 Å². The maximum absolute atomic E-state index is 11.4. The second-order valence-corrected chi connectivity index (χ2v) is 11.6. The van der Waals surface area contributed by atoms with Crippen molar-refractivity contribution in [3.8, 4) is 0 Å². The fourth-order valence-corrected chi connectivity index (χ4v) is 2.60. The quantitative estimate of drug-likeness (QED) is 0.430. The first kappa shape index (κ1) is 18.7. The minimum atomic E-state index is -1.78. The Morgan fingerprint density at radius 2 is 1.86 bits per heavy atom. The van der Waals surface area contributed by atoms with Gasteiger partial charge in [-0.05, 0) is 42.3 Å². The molecule has 0 aliphatic rings. The van der Waals surface area contributed by atoms with Crippen LogP contribution in [0.2, 0.25) is 18.1 Å². The molecule has 1 rings (SSSR count). The van der Waals surface area contributed by atoms with Gasteiger partial charge < -0.3 is 9.16 Å². The first-order valence-corrected chi connectivity index (χ1v) is 10.6. The third-order valence-electron chi connectivity index (χ3n) is 4.14. The van der Waals surface area contributed by atoms with Gasteiger partial charge in [0.05, 0.1) is 13.2 Å². The van der Waals surface area contributed by atoms with Crippen LogP contribution in [0.4, 0.5) is 0 Å². The van der Waals surface area contributed by atoms with Gasteiger partial charge in [-0.3, -0.25) is 0 Å². The lowest BCUT2D eigenvalue weighted by atomic mass is 10.1. The van der Waals surface area contributed by atoms with Crippen molar-refractivity contribution < 1.29 is 14.0 Å². The van der Waals surface area contributed by atoms with Gasteiger partial charge in [-0.15, -0.1) is 0 Å². The molecule has 3 nitrogen and oxygen atoms in total. The largest absolute Gasteiger partial charge is 0.463 e. The normalized spacial score (nSPS) is 12.6. The van der Waals surface area contributed by atoms with Gasteiger partial charge in [-0.2, -0.15) is 0 Å². The van der Waals surface area contributed by atoms with Crippen molar-refractivity contribution in [3.63, 3.8) is 0 Å². The fraction of sp³-hybridized carbons (Fsp3) is 0.500. The van der Waals surface area contributed by atoms with E-state index in [1.54, 1.807) is 13.0 Å². The minimum Gasteiger partial charge on any atom is -0.463 e. The van der Waals surface area contributed by atoms with E-state index in [1.807, 2.05) is 24.3 Å². The zero-order chi connectivity index (χ0) is 16.8. The third kappa shape index (κ3) is 5.43. The third-order valence-corrected chi connectivity index (χ3v) is 8.61. The van der Waals surface area contributed by atoms with Gasteiger partial charge in [-0.1, -0.05) is 45.0 Å². The first-order valence-electron chi connectivity index (χ1n) is 7.74. The lowest BCUT2D eigenvalue weighted by Crippen LogP contribution is -2.40. The molecule has 0 bridgehead atoms. The van der Waals surface area contributed by atoms with Gasteiger partial charge in [0, 0.05) is 6.08 Å². The summed E-state index contributed by atoms with van der Waals surface area (Å²) >= 11 is 0. The van der Waals surface area contributed by atoms with Crippen molar-refractivity contribution in [3.05, 3.63) is 41.5 Å². The summed E-state index contributed by atoms with van der Waals surface area (Å²) in [4.78, 5) is 11.4. The maximum atomic E-state index is 11.4. The molecule has 4 heteroatoms. The number of hydrogen-bond donors (Lipinski definition) is 0. The van der Waals surface area contributed by atoms with Crippen LogP contribution in [-0.4, -0.2) is 20.9 Å². The molecule has 0 aliphatic carbocycles. The highest BCUT2D eigenvalue weighted by Gasteiger charge is 2.37. The lowest BCUT2D eigenvalue weighted by molar-refractivity contribution is -0.137. The molecule has 22 heavy (non-hydrogen) atoms. The Hall–Kier alpha value is -1.39. The Kier molecular flexibility index (Phi) is 6.57. The number of hydrogen-bond acceptors (Lipinski definition) is 3. The molecular weight excluding hydrogens is 292 g/mol. The highest BCUT2D eigenvalue weighted by atomic mass is 28.4. The van der Waals surface area contributed by atoms with Crippen LogP contribution in [0, 0.1) is 0 Å². The number of carbonyl (C=O) groups is 1. The predicted octanol–water partition coefficient (Wildman–Crippen LogP) is 4.78. The Balaban J connectivity index is 2.83. The van der Waals surface area contributed by atoms with E-state index in [0.717, 1.165) is 11.1 Å². The highest BCUT2D eigenvalue weighted by Crippen LogP contribution is 2.37. The smallest absolute Gasteiger partial charge is 0.330 e. The summed E-state index contributed by atoms with van der Waals surface area (Å²) in [5, 5.41) is 0.183. The van der Waals surface area contributed by atoms with Crippen molar-refractivity contribution >= 4 is 20.4 Å². The molecule has 0 amide bonds. The van der Waals surface area contributed by atoms with Gasteiger partial charge in [-0.25, -0.2) is 4.79 Å². The zero-order valence-corrected chi connectivity index (χ0v) is 15.6. The Labute approximate surface area is 135 Å². The molecule has 1 aromatic rings. The van der Waals surface area contributed by atoms with Crippen LogP contribution in [0.1, 0.15) is 38.8 Å². The second kappa shape index (κ2) is 7.74. The molecule has 1 aromatic carbocycles. The molecule has 0 atom stereocenters. The number of carbonyl (C=O) groups excluding carboxylic acids is 1. The van der Waals surface area contributed by atoms with E-state index in [-0.39, 0.29) is 11.0 Å². The molecule has 0 aliphatic heterocycles. The molecule has 0 saturated heterocycles. The summed E-state index contributed by atoms with van der Waals surface area (Å²) in [6, 6.07) is 7.98. The molecule has 0 saturated carbocycles. The molecule has 0 spiro atoms. The van der Waals surface area contributed by atoms with Crippen molar-refractivity contribution in [2.75, 3.05) is 6.61 Å². The zero-order valence-electron chi connectivity index (χ0n) is 14.6. The Bertz CT molecular complexity index is 527. The van der Waals surface area contributed by atoms with E-state index in [0.29, 0.717) is 13.2 Å². The first-order chi connectivity index (χ1) is 10.2. The molecule has 122 valence electrons. The average Bonchev–Trinajstić information content (AvgIpc) is 2.43. The summed E-state index contributed by atoms with van der Waals surface area (Å²) in [6.45, 7) is 13.9. The highest BCUT2D eigenvalue weighted by molar-refractivity contribution is 6.74. The van der Waals surface area contributed by atoms with Crippen LogP contribution < -0.4 is 0 Å². The molecule has 0 aromatic heterocycles. The average molecular weight is 321 g/mol. The van der Waals surface area contributed by atoms with Gasteiger partial charge in [0.25, 0.3) is 0 Å².